The van der Waals surface area contributed by atoms with Gasteiger partial charge >= 0.3 is 0 Å². The summed E-state index contributed by atoms with van der Waals surface area (Å²) in [5.41, 5.74) is 6.39. The predicted octanol–water partition coefficient (Wildman–Crippen LogP) is 4.14. The van der Waals surface area contributed by atoms with E-state index in [0.717, 1.165) is 32.3 Å². The molecule has 0 atom stereocenters. The summed E-state index contributed by atoms with van der Waals surface area (Å²) in [7, 11) is 0. The van der Waals surface area contributed by atoms with Crippen molar-refractivity contribution >= 4 is 45.1 Å². The number of hydrogen-bond donors (Lipinski definition) is 2. The fourth-order valence-corrected chi connectivity index (χ4v) is 7.98. The fourth-order valence-electron chi connectivity index (χ4n) is 6.11. The number of fused-ring (bicyclic) bond motifs is 1. The summed E-state index contributed by atoms with van der Waals surface area (Å²) in [6, 6.07) is 7.95. The second kappa shape index (κ2) is 7.34. The van der Waals surface area contributed by atoms with E-state index in [1.807, 2.05) is 24.3 Å². The van der Waals surface area contributed by atoms with Crippen molar-refractivity contribution in [3.05, 3.63) is 24.3 Å². The summed E-state index contributed by atoms with van der Waals surface area (Å²) in [6.45, 7) is 0. The first-order valence-electron chi connectivity index (χ1n) is 10.1. The number of amides is 2. The lowest BCUT2D eigenvalue weighted by Crippen LogP contribution is -2.50. The number of hydrogen-bond acceptors (Lipinski definition) is 5. The predicted molar refractivity (Wildman–Crippen MR) is 112 cm³/mol. The molecule has 1 heterocycles. The van der Waals surface area contributed by atoms with Crippen molar-refractivity contribution in [1.29, 1.82) is 0 Å². The van der Waals surface area contributed by atoms with Gasteiger partial charge in [-0.2, -0.15) is 0 Å². The van der Waals surface area contributed by atoms with Crippen molar-refractivity contribution in [2.45, 2.75) is 49.3 Å². The summed E-state index contributed by atoms with van der Waals surface area (Å²) in [5, 5.41) is 0. The number of benzene rings is 1. The van der Waals surface area contributed by atoms with Crippen molar-refractivity contribution in [3.63, 3.8) is 0 Å². The Morgan fingerprint density at radius 3 is 2.36 bits per heavy atom. The molecule has 1 aromatic heterocycles. The van der Waals surface area contributed by atoms with Gasteiger partial charge in [-0.15, -0.1) is 11.3 Å². The molecule has 0 spiro atoms. The van der Waals surface area contributed by atoms with Gasteiger partial charge in [-0.3, -0.25) is 20.4 Å². The SMILES string of the molecule is O=C(CSc1nc2ccccc2s1)NNC(=O)CC12CC3CC(CC(C3)C1)C2. The summed E-state index contributed by atoms with van der Waals surface area (Å²) in [4.78, 5) is 29.1. The Kier molecular flexibility index (Phi) is 4.83. The van der Waals surface area contributed by atoms with E-state index in [1.54, 1.807) is 11.3 Å². The van der Waals surface area contributed by atoms with Gasteiger partial charge in [-0.1, -0.05) is 23.9 Å². The van der Waals surface area contributed by atoms with Crippen LogP contribution < -0.4 is 10.9 Å². The van der Waals surface area contributed by atoms with Gasteiger partial charge in [0.05, 0.1) is 16.0 Å². The molecule has 4 saturated carbocycles. The maximum absolute atomic E-state index is 12.5. The van der Waals surface area contributed by atoms with Crippen LogP contribution in [0, 0.1) is 23.2 Å². The van der Waals surface area contributed by atoms with E-state index in [4.69, 9.17) is 0 Å². The Hall–Kier alpha value is -1.60. The molecule has 2 N–H and O–H groups in total. The lowest BCUT2D eigenvalue weighted by molar-refractivity contribution is -0.133. The standard InChI is InChI=1S/C21H25N3O2S2/c25-18(11-21-8-13-5-14(9-21)7-15(6-13)10-21)23-24-19(26)12-27-20-22-16-3-1-2-4-17(16)28-20/h1-4,13-15H,5-12H2,(H,23,25)(H,24,26). The van der Waals surface area contributed by atoms with Gasteiger partial charge in [0, 0.05) is 6.42 Å². The highest BCUT2D eigenvalue weighted by molar-refractivity contribution is 8.01. The monoisotopic (exact) mass is 415 g/mol. The van der Waals surface area contributed by atoms with Crippen molar-refractivity contribution in [2.24, 2.45) is 23.2 Å². The van der Waals surface area contributed by atoms with Gasteiger partial charge in [0.15, 0.2) is 4.34 Å². The highest BCUT2D eigenvalue weighted by atomic mass is 32.2. The molecule has 4 aliphatic rings. The number of thioether (sulfide) groups is 1. The first-order valence-corrected chi connectivity index (χ1v) is 11.9. The van der Waals surface area contributed by atoms with Crippen LogP contribution in [0.4, 0.5) is 0 Å². The molecule has 5 nitrogen and oxygen atoms in total. The van der Waals surface area contributed by atoms with Gasteiger partial charge in [-0.25, -0.2) is 4.98 Å². The normalized spacial score (nSPS) is 30.5. The van der Waals surface area contributed by atoms with Gasteiger partial charge in [-0.05, 0) is 73.8 Å². The van der Waals surface area contributed by atoms with E-state index in [1.165, 1.54) is 50.3 Å². The van der Waals surface area contributed by atoms with Crippen molar-refractivity contribution in [1.82, 2.24) is 15.8 Å². The zero-order valence-electron chi connectivity index (χ0n) is 15.8. The maximum Gasteiger partial charge on any atom is 0.248 e. The van der Waals surface area contributed by atoms with Crippen LogP contribution in [0.15, 0.2) is 28.6 Å². The highest BCUT2D eigenvalue weighted by Gasteiger charge is 2.51. The zero-order chi connectivity index (χ0) is 19.1. The molecule has 0 radical (unpaired) electrons. The topological polar surface area (TPSA) is 71.1 Å². The molecule has 6 rings (SSSR count). The third-order valence-corrected chi connectivity index (χ3v) is 8.82. The molecule has 1 aromatic carbocycles. The van der Waals surface area contributed by atoms with Gasteiger partial charge in [0.1, 0.15) is 0 Å². The summed E-state index contributed by atoms with van der Waals surface area (Å²) in [6.07, 6.45) is 8.29. The Morgan fingerprint density at radius 1 is 1.04 bits per heavy atom. The molecular weight excluding hydrogens is 390 g/mol. The van der Waals surface area contributed by atoms with Crippen LogP contribution in [0.1, 0.15) is 44.9 Å². The lowest BCUT2D eigenvalue weighted by atomic mass is 9.49. The molecule has 4 bridgehead atoms. The minimum Gasteiger partial charge on any atom is -0.273 e. The zero-order valence-corrected chi connectivity index (χ0v) is 17.4. The number of carbonyl (C=O) groups excluding carboxylic acids is 2. The highest BCUT2D eigenvalue weighted by Crippen LogP contribution is 2.61. The smallest absolute Gasteiger partial charge is 0.248 e. The molecule has 4 aliphatic carbocycles. The third-order valence-electron chi connectivity index (χ3n) is 6.64. The molecule has 2 amide bonds. The van der Waals surface area contributed by atoms with Gasteiger partial charge in [0.25, 0.3) is 0 Å². The molecule has 4 fully saturated rings. The Morgan fingerprint density at radius 2 is 1.68 bits per heavy atom. The van der Waals surface area contributed by atoms with Crippen LogP contribution in [0.2, 0.25) is 0 Å². The summed E-state index contributed by atoms with van der Waals surface area (Å²) < 4.78 is 1.99. The molecule has 0 aliphatic heterocycles. The van der Waals surface area contributed by atoms with Crippen molar-refractivity contribution in [3.8, 4) is 0 Å². The minimum atomic E-state index is -0.192. The Balaban J connectivity index is 1.09. The fraction of sp³-hybridized carbons (Fsp3) is 0.571. The van der Waals surface area contributed by atoms with Crippen LogP contribution in [0.3, 0.4) is 0 Å². The van der Waals surface area contributed by atoms with Crippen LogP contribution >= 0.6 is 23.1 Å². The second-order valence-corrected chi connectivity index (χ2v) is 11.2. The van der Waals surface area contributed by atoms with E-state index < -0.39 is 0 Å². The average molecular weight is 416 g/mol. The Bertz CT molecular complexity index is 842. The number of rotatable bonds is 5. The summed E-state index contributed by atoms with van der Waals surface area (Å²) >= 11 is 2.99. The number of carbonyl (C=O) groups is 2. The van der Waals surface area contributed by atoms with Gasteiger partial charge < -0.3 is 0 Å². The van der Waals surface area contributed by atoms with Crippen LogP contribution in [0.25, 0.3) is 10.2 Å². The second-order valence-electron chi connectivity index (χ2n) is 8.93. The molecular formula is C21H25N3O2S2. The number of aromatic nitrogens is 1. The number of thiazole rings is 1. The average Bonchev–Trinajstić information content (AvgIpc) is 3.06. The van der Waals surface area contributed by atoms with Crippen LogP contribution in [-0.4, -0.2) is 22.6 Å². The van der Waals surface area contributed by atoms with E-state index in [2.05, 4.69) is 15.8 Å². The van der Waals surface area contributed by atoms with Gasteiger partial charge in [0.2, 0.25) is 11.8 Å². The molecule has 0 saturated heterocycles. The summed E-state index contributed by atoms with van der Waals surface area (Å²) in [5.74, 6) is 2.51. The number of para-hydroxylation sites is 1. The van der Waals surface area contributed by atoms with Crippen molar-refractivity contribution in [2.75, 3.05) is 5.75 Å². The minimum absolute atomic E-state index is 0.0414. The molecule has 148 valence electrons. The Labute approximate surface area is 173 Å². The van der Waals surface area contributed by atoms with Crippen LogP contribution in [0.5, 0.6) is 0 Å². The van der Waals surface area contributed by atoms with E-state index >= 15 is 0 Å². The molecule has 0 unspecified atom stereocenters. The lowest BCUT2D eigenvalue weighted by Gasteiger charge is -2.56. The quantitative estimate of drug-likeness (QED) is 0.569. The molecule has 7 heteroatoms. The van der Waals surface area contributed by atoms with E-state index in [0.29, 0.717) is 6.42 Å². The first kappa shape index (κ1) is 18.4. The number of nitrogens with zero attached hydrogens (tertiary/aromatic N) is 1. The van der Waals surface area contributed by atoms with Crippen molar-refractivity contribution < 1.29 is 9.59 Å². The largest absolute Gasteiger partial charge is 0.273 e. The maximum atomic E-state index is 12.5. The number of hydrazine groups is 1. The molecule has 28 heavy (non-hydrogen) atoms. The third kappa shape index (κ3) is 3.79. The number of nitrogens with one attached hydrogen (secondary N) is 2. The van der Waals surface area contributed by atoms with E-state index in [9.17, 15) is 9.59 Å². The first-order chi connectivity index (χ1) is 13.6. The van der Waals surface area contributed by atoms with E-state index in [-0.39, 0.29) is 23.0 Å². The van der Waals surface area contributed by atoms with Crippen LogP contribution in [-0.2, 0) is 9.59 Å². The molecule has 2 aromatic rings.